The molecule has 0 aliphatic rings. The average Bonchev–Trinajstić information content (AvgIpc) is 2.46. The van der Waals surface area contributed by atoms with E-state index in [4.69, 9.17) is 25.7 Å². The van der Waals surface area contributed by atoms with E-state index < -0.39 is 0 Å². The molecule has 112 valence electrons. The zero-order valence-electron chi connectivity index (χ0n) is 11.8. The number of anilines is 2. The maximum Gasteiger partial charge on any atom is 0.150 e. The van der Waals surface area contributed by atoms with E-state index in [1.807, 2.05) is 48.5 Å². The van der Waals surface area contributed by atoms with Gasteiger partial charge in [-0.2, -0.15) is 0 Å². The lowest BCUT2D eigenvalue weighted by Gasteiger charge is -2.08. The number of hydrogen-bond acceptors (Lipinski definition) is 5. The number of ether oxygens (including phenoxy) is 3. The number of nitrogen functional groups attached to an aromatic ring is 2. The summed E-state index contributed by atoms with van der Waals surface area (Å²) in [7, 11) is 0. The summed E-state index contributed by atoms with van der Waals surface area (Å²) in [5.74, 6) is 0. The molecule has 0 bridgehead atoms. The minimum Gasteiger partial charge on any atom is -0.399 e. The summed E-state index contributed by atoms with van der Waals surface area (Å²) in [5.41, 5.74) is 14.8. The van der Waals surface area contributed by atoms with Gasteiger partial charge in [0.15, 0.2) is 0 Å². The summed E-state index contributed by atoms with van der Waals surface area (Å²) in [6.07, 6.45) is 0. The van der Waals surface area contributed by atoms with Crippen LogP contribution in [0.25, 0.3) is 0 Å². The fourth-order valence-corrected chi connectivity index (χ4v) is 1.84. The van der Waals surface area contributed by atoms with Gasteiger partial charge in [-0.1, -0.05) is 24.3 Å². The zero-order valence-corrected chi connectivity index (χ0v) is 11.8. The Morgan fingerprint density at radius 2 is 1.14 bits per heavy atom. The van der Waals surface area contributed by atoms with Crippen LogP contribution in [-0.2, 0) is 27.4 Å². The van der Waals surface area contributed by atoms with Crippen molar-refractivity contribution in [1.82, 2.24) is 0 Å². The largest absolute Gasteiger partial charge is 0.399 e. The second kappa shape index (κ2) is 8.26. The summed E-state index contributed by atoms with van der Waals surface area (Å²) in [6, 6.07) is 15.1. The molecule has 0 aliphatic carbocycles. The van der Waals surface area contributed by atoms with Crippen molar-refractivity contribution in [2.75, 3.05) is 25.1 Å². The minimum absolute atomic E-state index is 0.172. The van der Waals surface area contributed by atoms with Crippen LogP contribution in [-0.4, -0.2) is 13.6 Å². The van der Waals surface area contributed by atoms with Crippen molar-refractivity contribution >= 4 is 11.4 Å². The fourth-order valence-electron chi connectivity index (χ4n) is 1.84. The molecule has 0 saturated carbocycles. The molecular formula is C16H20N2O3. The van der Waals surface area contributed by atoms with Gasteiger partial charge in [-0.25, -0.2) is 0 Å². The van der Waals surface area contributed by atoms with E-state index in [1.54, 1.807) is 0 Å². The second-order valence-electron chi connectivity index (χ2n) is 4.63. The summed E-state index contributed by atoms with van der Waals surface area (Å²) >= 11 is 0. The predicted octanol–water partition coefficient (Wildman–Crippen LogP) is 2.52. The Labute approximate surface area is 124 Å². The van der Waals surface area contributed by atoms with E-state index >= 15 is 0 Å². The first kappa shape index (κ1) is 15.3. The molecule has 2 aromatic rings. The molecule has 0 fully saturated rings. The molecule has 0 aromatic heterocycles. The quantitative estimate of drug-likeness (QED) is 0.443. The number of hydrogen-bond donors (Lipinski definition) is 2. The highest BCUT2D eigenvalue weighted by molar-refractivity contribution is 5.40. The summed E-state index contributed by atoms with van der Waals surface area (Å²) in [5, 5.41) is 0. The van der Waals surface area contributed by atoms with Gasteiger partial charge >= 0.3 is 0 Å². The molecule has 0 radical (unpaired) electrons. The van der Waals surface area contributed by atoms with E-state index in [2.05, 4.69) is 0 Å². The Hall–Kier alpha value is -2.08. The van der Waals surface area contributed by atoms with Crippen molar-refractivity contribution in [3.05, 3.63) is 59.7 Å². The highest BCUT2D eigenvalue weighted by Crippen LogP contribution is 2.08. The first-order valence-corrected chi connectivity index (χ1v) is 6.66. The normalized spacial score (nSPS) is 10.7. The van der Waals surface area contributed by atoms with Crippen LogP contribution >= 0.6 is 0 Å². The highest BCUT2D eigenvalue weighted by Gasteiger charge is 1.96. The molecule has 2 aromatic carbocycles. The van der Waals surface area contributed by atoms with Crippen LogP contribution in [0.3, 0.4) is 0 Å². The lowest BCUT2D eigenvalue weighted by atomic mass is 10.2. The molecule has 0 heterocycles. The van der Waals surface area contributed by atoms with Crippen molar-refractivity contribution < 1.29 is 14.2 Å². The van der Waals surface area contributed by atoms with Crippen molar-refractivity contribution in [2.45, 2.75) is 13.2 Å². The first-order chi connectivity index (χ1) is 10.2. The SMILES string of the molecule is Nc1cccc(COCOCOCc2cccc(N)c2)c1. The van der Waals surface area contributed by atoms with Crippen LogP contribution in [0.4, 0.5) is 11.4 Å². The molecule has 2 rings (SSSR count). The lowest BCUT2D eigenvalue weighted by molar-refractivity contribution is -0.139. The Morgan fingerprint density at radius 3 is 1.57 bits per heavy atom. The average molecular weight is 288 g/mol. The van der Waals surface area contributed by atoms with E-state index in [-0.39, 0.29) is 13.6 Å². The molecule has 0 aliphatic heterocycles. The standard InChI is InChI=1S/C16H20N2O3/c17-15-5-1-3-13(7-15)9-19-11-21-12-20-10-14-4-2-6-16(18)8-14/h1-8H,9-12,17-18H2. The van der Waals surface area contributed by atoms with Gasteiger partial charge in [-0.15, -0.1) is 0 Å². The molecule has 0 atom stereocenters. The van der Waals surface area contributed by atoms with E-state index in [0.29, 0.717) is 13.2 Å². The molecule has 5 nitrogen and oxygen atoms in total. The summed E-state index contributed by atoms with van der Waals surface area (Å²) < 4.78 is 16.0. The van der Waals surface area contributed by atoms with E-state index in [0.717, 1.165) is 22.5 Å². The van der Waals surface area contributed by atoms with Crippen LogP contribution in [0.2, 0.25) is 0 Å². The molecule has 0 amide bonds. The molecule has 0 unspecified atom stereocenters. The molecule has 4 N–H and O–H groups in total. The van der Waals surface area contributed by atoms with Crippen molar-refractivity contribution in [2.24, 2.45) is 0 Å². The maximum atomic E-state index is 5.68. The zero-order chi connectivity index (χ0) is 14.9. The number of rotatable bonds is 8. The van der Waals surface area contributed by atoms with Crippen molar-refractivity contribution in [1.29, 1.82) is 0 Å². The summed E-state index contributed by atoms with van der Waals surface area (Å²) in [4.78, 5) is 0. The first-order valence-electron chi connectivity index (χ1n) is 6.66. The van der Waals surface area contributed by atoms with Gasteiger partial charge in [0, 0.05) is 11.4 Å². The van der Waals surface area contributed by atoms with Crippen LogP contribution < -0.4 is 11.5 Å². The van der Waals surface area contributed by atoms with Crippen molar-refractivity contribution in [3.63, 3.8) is 0 Å². The molecule has 0 saturated heterocycles. The van der Waals surface area contributed by atoms with E-state index in [1.165, 1.54) is 0 Å². The van der Waals surface area contributed by atoms with Gasteiger partial charge in [0.25, 0.3) is 0 Å². The second-order valence-corrected chi connectivity index (χ2v) is 4.63. The molecule has 0 spiro atoms. The maximum absolute atomic E-state index is 5.68. The highest BCUT2D eigenvalue weighted by atomic mass is 16.7. The van der Waals surface area contributed by atoms with Crippen LogP contribution in [0.15, 0.2) is 48.5 Å². The topological polar surface area (TPSA) is 79.7 Å². The molecular weight excluding hydrogens is 268 g/mol. The summed E-state index contributed by atoms with van der Waals surface area (Å²) in [6.45, 7) is 1.26. The predicted molar refractivity (Wildman–Crippen MR) is 82.1 cm³/mol. The number of benzene rings is 2. The minimum atomic E-state index is 0.172. The van der Waals surface area contributed by atoms with Gasteiger partial charge in [0.05, 0.1) is 13.2 Å². The van der Waals surface area contributed by atoms with Gasteiger partial charge in [0.2, 0.25) is 0 Å². The molecule has 21 heavy (non-hydrogen) atoms. The monoisotopic (exact) mass is 288 g/mol. The van der Waals surface area contributed by atoms with Crippen molar-refractivity contribution in [3.8, 4) is 0 Å². The van der Waals surface area contributed by atoms with Crippen LogP contribution in [0.5, 0.6) is 0 Å². The smallest absolute Gasteiger partial charge is 0.150 e. The third-order valence-electron chi connectivity index (χ3n) is 2.77. The fraction of sp³-hybridized carbons (Fsp3) is 0.250. The Bertz CT molecular complexity index is 511. The third-order valence-corrected chi connectivity index (χ3v) is 2.77. The van der Waals surface area contributed by atoms with Gasteiger partial charge in [-0.05, 0) is 35.4 Å². The van der Waals surface area contributed by atoms with Gasteiger partial charge in [-0.3, -0.25) is 0 Å². The Balaban J connectivity index is 1.54. The van der Waals surface area contributed by atoms with Crippen LogP contribution in [0.1, 0.15) is 11.1 Å². The molecule has 5 heteroatoms. The van der Waals surface area contributed by atoms with Gasteiger partial charge in [0.1, 0.15) is 13.6 Å². The Kier molecular flexibility index (Phi) is 6.02. The number of nitrogens with two attached hydrogens (primary N) is 2. The third kappa shape index (κ3) is 5.83. The lowest BCUT2D eigenvalue weighted by Crippen LogP contribution is -2.05. The van der Waals surface area contributed by atoms with Crippen LogP contribution in [0, 0.1) is 0 Å². The Morgan fingerprint density at radius 1 is 0.667 bits per heavy atom. The van der Waals surface area contributed by atoms with E-state index in [9.17, 15) is 0 Å². The van der Waals surface area contributed by atoms with Gasteiger partial charge < -0.3 is 25.7 Å².